The Morgan fingerprint density at radius 1 is 1.16 bits per heavy atom. The highest BCUT2D eigenvalue weighted by molar-refractivity contribution is 7.18. The maximum absolute atomic E-state index is 12.4. The first kappa shape index (κ1) is 14.2. The largest absolute Gasteiger partial charge is 0.299 e. The van der Waals surface area contributed by atoms with Crippen LogP contribution in [-0.4, -0.2) is 10.8 Å². The highest BCUT2D eigenvalue weighted by atomic mass is 32.1. The minimum Gasteiger partial charge on any atom is -0.299 e. The Hall–Kier alpha value is -1.22. The zero-order valence-corrected chi connectivity index (χ0v) is 12.8. The number of hydrogen-bond acceptors (Lipinski definition) is 3. The second-order valence-corrected chi connectivity index (χ2v) is 6.85. The smallest absolute Gasteiger partial charge is 0.143 e. The molecule has 0 saturated heterocycles. The van der Waals surface area contributed by atoms with Gasteiger partial charge in [-0.25, -0.2) is 4.98 Å². The average Bonchev–Trinajstić information content (AvgIpc) is 2.69. The van der Waals surface area contributed by atoms with Crippen molar-refractivity contribution in [2.45, 2.75) is 34.1 Å². The van der Waals surface area contributed by atoms with E-state index in [0.29, 0.717) is 24.0 Å². The van der Waals surface area contributed by atoms with Gasteiger partial charge in [0.15, 0.2) is 0 Å². The van der Waals surface area contributed by atoms with Gasteiger partial charge in [-0.05, 0) is 24.0 Å². The predicted molar refractivity (Wildman–Crippen MR) is 81.5 cm³/mol. The van der Waals surface area contributed by atoms with Crippen LogP contribution in [0.25, 0.3) is 10.2 Å². The summed E-state index contributed by atoms with van der Waals surface area (Å²) in [5.41, 5.74) is 1.00. The third-order valence-corrected chi connectivity index (χ3v) is 4.51. The average molecular weight is 275 g/mol. The Morgan fingerprint density at radius 3 is 2.37 bits per heavy atom. The van der Waals surface area contributed by atoms with Crippen molar-refractivity contribution in [3.05, 3.63) is 29.3 Å². The maximum atomic E-state index is 12.4. The van der Waals surface area contributed by atoms with Crippen LogP contribution in [0, 0.1) is 17.8 Å². The molecule has 3 heteroatoms. The zero-order valence-electron chi connectivity index (χ0n) is 12.0. The molecule has 0 amide bonds. The molecule has 0 fully saturated rings. The van der Waals surface area contributed by atoms with Gasteiger partial charge < -0.3 is 0 Å². The molecule has 2 rings (SSSR count). The predicted octanol–water partition coefficient (Wildman–Crippen LogP) is 4.34. The number of carbonyl (C=O) groups excluding carboxylic acids is 1. The summed E-state index contributed by atoms with van der Waals surface area (Å²) in [5, 5.41) is 0.942. The van der Waals surface area contributed by atoms with Gasteiger partial charge in [0.2, 0.25) is 0 Å². The number of Topliss-reactive ketones (excluding diaryl/α,β-unsaturated/α-hetero) is 1. The summed E-state index contributed by atoms with van der Waals surface area (Å²) >= 11 is 1.63. The SMILES string of the molecule is CC(C)C(C(=O)Cc1nc2ccccc2s1)C(C)C. The number of benzene rings is 1. The first-order valence-electron chi connectivity index (χ1n) is 6.86. The first-order valence-corrected chi connectivity index (χ1v) is 7.68. The lowest BCUT2D eigenvalue weighted by Crippen LogP contribution is -2.26. The normalized spacial score (nSPS) is 11.9. The molecule has 0 aliphatic carbocycles. The van der Waals surface area contributed by atoms with E-state index in [9.17, 15) is 4.79 Å². The molecule has 0 bridgehead atoms. The number of nitrogens with zero attached hydrogens (tertiary/aromatic N) is 1. The molecule has 0 spiro atoms. The van der Waals surface area contributed by atoms with Gasteiger partial charge in [0.1, 0.15) is 10.8 Å². The topological polar surface area (TPSA) is 30.0 Å². The molecule has 1 aromatic heterocycles. The molecule has 0 saturated carbocycles. The van der Waals surface area contributed by atoms with Crippen LogP contribution >= 0.6 is 11.3 Å². The van der Waals surface area contributed by atoms with Crippen LogP contribution in [-0.2, 0) is 11.2 Å². The van der Waals surface area contributed by atoms with Crippen LogP contribution in [0.3, 0.4) is 0 Å². The lowest BCUT2D eigenvalue weighted by atomic mass is 9.81. The molecule has 19 heavy (non-hydrogen) atoms. The van der Waals surface area contributed by atoms with Gasteiger partial charge in [0.05, 0.1) is 16.6 Å². The Morgan fingerprint density at radius 2 is 1.79 bits per heavy atom. The van der Waals surface area contributed by atoms with Crippen LogP contribution in [0.5, 0.6) is 0 Å². The standard InChI is InChI=1S/C16H21NOS/c1-10(2)16(11(3)4)13(18)9-15-17-12-7-5-6-8-14(12)19-15/h5-8,10-11,16H,9H2,1-4H3. The van der Waals surface area contributed by atoms with Crippen LogP contribution in [0.4, 0.5) is 0 Å². The van der Waals surface area contributed by atoms with Gasteiger partial charge in [0.25, 0.3) is 0 Å². The minimum absolute atomic E-state index is 0.131. The summed E-state index contributed by atoms with van der Waals surface area (Å²) in [7, 11) is 0. The highest BCUT2D eigenvalue weighted by Crippen LogP contribution is 2.26. The van der Waals surface area contributed by atoms with Crippen molar-refractivity contribution in [3.8, 4) is 0 Å². The van der Waals surface area contributed by atoms with E-state index >= 15 is 0 Å². The molecule has 2 aromatic rings. The summed E-state index contributed by atoms with van der Waals surface area (Å²) in [5.74, 6) is 1.24. The van der Waals surface area contributed by atoms with Crippen LogP contribution in [0.15, 0.2) is 24.3 Å². The van der Waals surface area contributed by atoms with E-state index in [1.54, 1.807) is 11.3 Å². The number of fused-ring (bicyclic) bond motifs is 1. The molecule has 1 aromatic carbocycles. The number of rotatable bonds is 5. The molecule has 102 valence electrons. The van der Waals surface area contributed by atoms with Gasteiger partial charge in [-0.15, -0.1) is 11.3 Å². The molecule has 0 unspecified atom stereocenters. The van der Waals surface area contributed by atoms with Gasteiger partial charge in [-0.1, -0.05) is 39.8 Å². The van der Waals surface area contributed by atoms with Gasteiger partial charge in [0, 0.05) is 5.92 Å². The number of thiazole rings is 1. The van der Waals surface area contributed by atoms with E-state index < -0.39 is 0 Å². The third kappa shape index (κ3) is 3.21. The van der Waals surface area contributed by atoms with Crippen molar-refractivity contribution < 1.29 is 4.79 Å². The van der Waals surface area contributed by atoms with E-state index in [1.807, 2.05) is 18.2 Å². The molecule has 0 atom stereocenters. The summed E-state index contributed by atoms with van der Waals surface area (Å²) in [6, 6.07) is 8.06. The molecule has 0 N–H and O–H groups in total. The van der Waals surface area contributed by atoms with Crippen LogP contribution in [0.2, 0.25) is 0 Å². The van der Waals surface area contributed by atoms with E-state index in [2.05, 4.69) is 38.7 Å². The molecule has 2 nitrogen and oxygen atoms in total. The molecule has 1 heterocycles. The highest BCUT2D eigenvalue weighted by Gasteiger charge is 2.26. The Balaban J connectivity index is 2.17. The number of hydrogen-bond donors (Lipinski definition) is 0. The Labute approximate surface area is 118 Å². The number of aromatic nitrogens is 1. The number of carbonyl (C=O) groups is 1. The summed E-state index contributed by atoms with van der Waals surface area (Å²) in [4.78, 5) is 17.0. The van der Waals surface area contributed by atoms with Crippen LogP contribution < -0.4 is 0 Å². The summed E-state index contributed by atoms with van der Waals surface area (Å²) in [6.07, 6.45) is 0.473. The minimum atomic E-state index is 0.131. The molecular formula is C16H21NOS. The fourth-order valence-corrected chi connectivity index (χ4v) is 3.75. The van der Waals surface area contributed by atoms with E-state index in [0.717, 1.165) is 15.2 Å². The molecule has 0 aliphatic heterocycles. The first-order chi connectivity index (χ1) is 8.99. The van der Waals surface area contributed by atoms with Gasteiger partial charge >= 0.3 is 0 Å². The summed E-state index contributed by atoms with van der Waals surface area (Å²) in [6.45, 7) is 8.50. The molecular weight excluding hydrogens is 254 g/mol. The Bertz CT molecular complexity index is 530. The fourth-order valence-electron chi connectivity index (χ4n) is 2.78. The monoisotopic (exact) mass is 275 g/mol. The number of para-hydroxylation sites is 1. The quantitative estimate of drug-likeness (QED) is 0.812. The molecule has 0 radical (unpaired) electrons. The van der Waals surface area contributed by atoms with Crippen molar-refractivity contribution in [3.63, 3.8) is 0 Å². The van der Waals surface area contributed by atoms with Crippen molar-refractivity contribution in [1.29, 1.82) is 0 Å². The van der Waals surface area contributed by atoms with E-state index in [4.69, 9.17) is 0 Å². The van der Waals surface area contributed by atoms with Crippen molar-refractivity contribution >= 4 is 27.3 Å². The second kappa shape index (κ2) is 5.83. The van der Waals surface area contributed by atoms with Crippen molar-refractivity contribution in [1.82, 2.24) is 4.98 Å². The van der Waals surface area contributed by atoms with Crippen molar-refractivity contribution in [2.75, 3.05) is 0 Å². The Kier molecular flexibility index (Phi) is 4.35. The zero-order chi connectivity index (χ0) is 14.0. The second-order valence-electron chi connectivity index (χ2n) is 5.73. The molecule has 0 aliphatic rings. The number of ketones is 1. The van der Waals surface area contributed by atoms with Crippen LogP contribution in [0.1, 0.15) is 32.7 Å². The fraction of sp³-hybridized carbons (Fsp3) is 0.500. The third-order valence-electron chi connectivity index (χ3n) is 3.47. The van der Waals surface area contributed by atoms with Crippen molar-refractivity contribution in [2.24, 2.45) is 17.8 Å². The van der Waals surface area contributed by atoms with Gasteiger partial charge in [-0.2, -0.15) is 0 Å². The van der Waals surface area contributed by atoms with E-state index in [-0.39, 0.29) is 5.92 Å². The maximum Gasteiger partial charge on any atom is 0.143 e. The lowest BCUT2D eigenvalue weighted by molar-refractivity contribution is -0.124. The van der Waals surface area contributed by atoms with Gasteiger partial charge in [-0.3, -0.25) is 4.79 Å². The lowest BCUT2D eigenvalue weighted by Gasteiger charge is -2.22. The summed E-state index contributed by atoms with van der Waals surface area (Å²) < 4.78 is 1.16. The van der Waals surface area contributed by atoms with E-state index in [1.165, 1.54) is 0 Å².